The van der Waals surface area contributed by atoms with Crippen molar-refractivity contribution in [1.82, 2.24) is 15.4 Å². The molecule has 2 aliphatic rings. The van der Waals surface area contributed by atoms with Gasteiger partial charge in [-0.2, -0.15) is 0 Å². The summed E-state index contributed by atoms with van der Waals surface area (Å²) in [5, 5.41) is 12.3. The van der Waals surface area contributed by atoms with Gasteiger partial charge in [0.2, 0.25) is 0 Å². The van der Waals surface area contributed by atoms with Gasteiger partial charge in [0.25, 0.3) is 5.91 Å². The van der Waals surface area contributed by atoms with E-state index >= 15 is 0 Å². The molecule has 2 aromatic heterocycles. The average molecular weight is 469 g/mol. The van der Waals surface area contributed by atoms with Gasteiger partial charge in [-0.25, -0.2) is 0 Å². The first-order valence-electron chi connectivity index (χ1n) is 11.5. The Hall–Kier alpha value is -2.93. The van der Waals surface area contributed by atoms with E-state index in [0.29, 0.717) is 29.3 Å². The molecule has 0 bridgehead atoms. The van der Waals surface area contributed by atoms with E-state index in [4.69, 9.17) is 20.5 Å². The van der Waals surface area contributed by atoms with Crippen molar-refractivity contribution in [2.75, 3.05) is 18.9 Å². The van der Waals surface area contributed by atoms with Crippen LogP contribution in [0.1, 0.15) is 65.2 Å². The zero-order chi connectivity index (χ0) is 23.3. The van der Waals surface area contributed by atoms with Crippen LogP contribution in [0.5, 0.6) is 0 Å². The Morgan fingerprint density at radius 2 is 2.03 bits per heavy atom. The van der Waals surface area contributed by atoms with Crippen LogP contribution in [-0.4, -0.2) is 29.6 Å². The van der Waals surface area contributed by atoms with Crippen LogP contribution in [0.15, 0.2) is 33.5 Å². The van der Waals surface area contributed by atoms with Gasteiger partial charge in [0.1, 0.15) is 11.3 Å². The number of nitrogens with one attached hydrogen (secondary N) is 2. The molecular formula is C25H29ClN4O3. The molecule has 2 N–H and O–H groups in total. The molecule has 8 heteroatoms. The van der Waals surface area contributed by atoms with E-state index in [2.05, 4.69) is 22.4 Å². The standard InChI is InChI=1S/C25H29ClN4O3/c1-14-18(15(2)33-29-14)8-11-30(4)24(31)20-13-17-12-19(26)22-21(23(17)32-20)25(28-16(3)27-22)9-6-5-7-10-25/h12-13,27-28H,3,5-11H2,1-2,4H3. The lowest BCUT2D eigenvalue weighted by atomic mass is 9.74. The first kappa shape index (κ1) is 21.9. The van der Waals surface area contributed by atoms with Gasteiger partial charge < -0.3 is 24.5 Å². The summed E-state index contributed by atoms with van der Waals surface area (Å²) < 4.78 is 11.5. The van der Waals surface area contributed by atoms with Gasteiger partial charge in [-0.1, -0.05) is 42.6 Å². The predicted octanol–water partition coefficient (Wildman–Crippen LogP) is 5.65. The number of carbonyl (C=O) groups excluding carboxylic acids is 1. The minimum absolute atomic E-state index is 0.165. The summed E-state index contributed by atoms with van der Waals surface area (Å²) in [6, 6.07) is 3.66. The summed E-state index contributed by atoms with van der Waals surface area (Å²) >= 11 is 6.69. The zero-order valence-electron chi connectivity index (χ0n) is 19.3. The Morgan fingerprint density at radius 3 is 2.73 bits per heavy atom. The fraction of sp³-hybridized carbons (Fsp3) is 0.440. The maximum atomic E-state index is 13.2. The van der Waals surface area contributed by atoms with Crippen LogP contribution in [0, 0.1) is 13.8 Å². The topological polar surface area (TPSA) is 83.5 Å². The molecular weight excluding hydrogens is 440 g/mol. The van der Waals surface area contributed by atoms with Gasteiger partial charge in [-0.15, -0.1) is 0 Å². The number of furan rings is 1. The van der Waals surface area contributed by atoms with Crippen LogP contribution < -0.4 is 10.6 Å². The van der Waals surface area contributed by atoms with Crippen molar-refractivity contribution >= 4 is 34.2 Å². The van der Waals surface area contributed by atoms with Crippen LogP contribution in [0.2, 0.25) is 5.02 Å². The number of halogens is 1. The van der Waals surface area contributed by atoms with Crippen molar-refractivity contribution in [3.63, 3.8) is 0 Å². The van der Waals surface area contributed by atoms with E-state index in [1.165, 1.54) is 6.42 Å². The van der Waals surface area contributed by atoms with Crippen LogP contribution in [0.25, 0.3) is 11.0 Å². The minimum atomic E-state index is -0.285. The Labute approximate surface area is 198 Å². The summed E-state index contributed by atoms with van der Waals surface area (Å²) in [5.41, 5.74) is 4.16. The number of fused-ring (bicyclic) bond motifs is 4. The fourth-order valence-corrected chi connectivity index (χ4v) is 5.58. The van der Waals surface area contributed by atoms with Crippen molar-refractivity contribution in [1.29, 1.82) is 0 Å². The van der Waals surface area contributed by atoms with Gasteiger partial charge >= 0.3 is 0 Å². The lowest BCUT2D eigenvalue weighted by molar-refractivity contribution is 0.0767. The maximum absolute atomic E-state index is 13.2. The van der Waals surface area contributed by atoms with Crippen molar-refractivity contribution in [2.24, 2.45) is 0 Å². The fourth-order valence-electron chi connectivity index (χ4n) is 5.33. The Kier molecular flexibility index (Phi) is 5.40. The third-order valence-electron chi connectivity index (χ3n) is 7.05. The third-order valence-corrected chi connectivity index (χ3v) is 7.34. The number of benzene rings is 1. The summed E-state index contributed by atoms with van der Waals surface area (Å²) in [6.45, 7) is 8.45. The number of hydrogen-bond donors (Lipinski definition) is 2. The second kappa shape index (κ2) is 8.13. The van der Waals surface area contributed by atoms with Crippen molar-refractivity contribution in [3.8, 4) is 0 Å². The molecule has 0 unspecified atom stereocenters. The number of carbonyl (C=O) groups is 1. The molecule has 3 aromatic rings. The first-order chi connectivity index (χ1) is 15.8. The molecule has 1 saturated carbocycles. The number of amides is 1. The SMILES string of the molecule is C=C1Nc2c(Cl)cc3cc(C(=O)N(C)CCc4c(C)noc4C)oc3c2C2(CCCCC2)N1. The van der Waals surface area contributed by atoms with Gasteiger partial charge in [0.15, 0.2) is 5.76 Å². The summed E-state index contributed by atoms with van der Waals surface area (Å²) in [6.07, 6.45) is 6.05. The molecule has 0 saturated heterocycles. The largest absolute Gasteiger partial charge is 0.450 e. The van der Waals surface area contributed by atoms with E-state index in [-0.39, 0.29) is 11.4 Å². The highest BCUT2D eigenvalue weighted by atomic mass is 35.5. The molecule has 0 atom stereocenters. The maximum Gasteiger partial charge on any atom is 0.289 e. The second-order valence-electron chi connectivity index (χ2n) is 9.29. The number of rotatable bonds is 4. The van der Waals surface area contributed by atoms with Crippen molar-refractivity contribution in [2.45, 2.75) is 57.9 Å². The molecule has 3 heterocycles. The van der Waals surface area contributed by atoms with E-state index < -0.39 is 0 Å². The second-order valence-corrected chi connectivity index (χ2v) is 9.70. The van der Waals surface area contributed by atoms with Gasteiger partial charge in [-0.3, -0.25) is 4.79 Å². The lowest BCUT2D eigenvalue weighted by Crippen LogP contribution is -2.48. The van der Waals surface area contributed by atoms with Gasteiger partial charge in [0, 0.05) is 30.1 Å². The monoisotopic (exact) mass is 468 g/mol. The molecule has 5 rings (SSSR count). The highest BCUT2D eigenvalue weighted by molar-refractivity contribution is 6.34. The molecule has 1 amide bonds. The van der Waals surface area contributed by atoms with E-state index in [1.807, 2.05) is 19.9 Å². The highest BCUT2D eigenvalue weighted by Crippen LogP contribution is 2.49. The van der Waals surface area contributed by atoms with Gasteiger partial charge in [0.05, 0.1) is 27.8 Å². The molecule has 7 nitrogen and oxygen atoms in total. The molecule has 0 radical (unpaired) electrons. The molecule has 33 heavy (non-hydrogen) atoms. The Morgan fingerprint density at radius 1 is 1.27 bits per heavy atom. The number of anilines is 1. The third kappa shape index (κ3) is 3.68. The molecule has 1 spiro atoms. The lowest BCUT2D eigenvalue weighted by Gasteiger charge is -2.44. The summed E-state index contributed by atoms with van der Waals surface area (Å²) in [7, 11) is 1.78. The van der Waals surface area contributed by atoms with E-state index in [0.717, 1.165) is 65.2 Å². The molecule has 1 aromatic carbocycles. The van der Waals surface area contributed by atoms with Crippen LogP contribution in [0.4, 0.5) is 5.69 Å². The van der Waals surface area contributed by atoms with Crippen molar-refractivity contribution in [3.05, 3.63) is 57.9 Å². The minimum Gasteiger partial charge on any atom is -0.450 e. The quantitative estimate of drug-likeness (QED) is 0.514. The van der Waals surface area contributed by atoms with Crippen LogP contribution in [-0.2, 0) is 12.0 Å². The van der Waals surface area contributed by atoms with Crippen LogP contribution >= 0.6 is 11.6 Å². The number of likely N-dealkylation sites (N-methyl/N-ethyl adjacent to an activating group) is 1. The zero-order valence-corrected chi connectivity index (χ0v) is 20.1. The van der Waals surface area contributed by atoms with Crippen molar-refractivity contribution < 1.29 is 13.7 Å². The Bertz CT molecular complexity index is 1230. The van der Waals surface area contributed by atoms with Gasteiger partial charge in [-0.05, 0) is 45.2 Å². The molecule has 1 fully saturated rings. The Balaban J connectivity index is 1.49. The molecule has 1 aliphatic carbocycles. The smallest absolute Gasteiger partial charge is 0.289 e. The first-order valence-corrected chi connectivity index (χ1v) is 11.8. The number of aromatic nitrogens is 1. The average Bonchev–Trinajstić information content (AvgIpc) is 3.34. The number of hydrogen-bond acceptors (Lipinski definition) is 6. The number of aryl methyl sites for hydroxylation is 2. The van der Waals surface area contributed by atoms with E-state index in [1.54, 1.807) is 18.0 Å². The number of nitrogens with zero attached hydrogens (tertiary/aromatic N) is 2. The van der Waals surface area contributed by atoms with Crippen LogP contribution in [0.3, 0.4) is 0 Å². The summed E-state index contributed by atoms with van der Waals surface area (Å²) in [4.78, 5) is 14.9. The highest BCUT2D eigenvalue weighted by Gasteiger charge is 2.42. The summed E-state index contributed by atoms with van der Waals surface area (Å²) in [5.74, 6) is 1.68. The normalized spacial score (nSPS) is 17.0. The molecule has 1 aliphatic heterocycles. The molecule has 174 valence electrons. The predicted molar refractivity (Wildman–Crippen MR) is 129 cm³/mol. The van der Waals surface area contributed by atoms with E-state index in [9.17, 15) is 4.79 Å².